The number of aliphatic hydroxyl groups is 2. The molecule has 16 nitrogen and oxygen atoms in total. The molecule has 2 saturated heterocycles. The summed E-state index contributed by atoms with van der Waals surface area (Å²) in [4.78, 5) is 57.0. The Morgan fingerprint density at radius 1 is 0.638 bits per heavy atom. The molecule has 4 aromatic heterocycles. The molecule has 0 aliphatic carbocycles. The van der Waals surface area contributed by atoms with Crippen molar-refractivity contribution in [3.8, 4) is 0 Å². The van der Waals surface area contributed by atoms with Gasteiger partial charge in [-0.15, -0.1) is 0 Å². The molecule has 2 fully saturated rings. The van der Waals surface area contributed by atoms with Crippen molar-refractivity contribution in [1.82, 2.24) is 29.7 Å². The van der Waals surface area contributed by atoms with Crippen LogP contribution in [0.2, 0.25) is 0 Å². The minimum absolute atomic E-state index is 0.215. The van der Waals surface area contributed by atoms with Crippen molar-refractivity contribution in [1.29, 1.82) is 0 Å². The van der Waals surface area contributed by atoms with Crippen LogP contribution in [0.4, 0.5) is 0 Å². The van der Waals surface area contributed by atoms with E-state index in [1.807, 2.05) is 57.7 Å². The summed E-state index contributed by atoms with van der Waals surface area (Å²) in [5, 5.41) is 25.9. The first kappa shape index (κ1) is 39.8. The number of hydrogen-bond donors (Lipinski definition) is 6. The van der Waals surface area contributed by atoms with Gasteiger partial charge in [0.05, 0.1) is 59.7 Å². The van der Waals surface area contributed by atoms with Crippen molar-refractivity contribution in [2.24, 2.45) is 11.5 Å². The highest BCUT2D eigenvalue weighted by molar-refractivity contribution is 6.06. The Hall–Kier alpha value is -6.46. The molecule has 0 radical (unpaired) electrons. The molecule has 0 unspecified atom stereocenters. The summed E-state index contributed by atoms with van der Waals surface area (Å²) < 4.78 is 14.3. The molecule has 0 bridgehead atoms. The van der Waals surface area contributed by atoms with E-state index in [4.69, 9.17) is 20.9 Å². The Kier molecular flexibility index (Phi) is 12.2. The van der Waals surface area contributed by atoms with E-state index in [0.29, 0.717) is 72.4 Å². The van der Waals surface area contributed by atoms with Gasteiger partial charge in [-0.05, 0) is 72.5 Å². The molecule has 0 spiro atoms. The molecule has 6 heterocycles. The summed E-state index contributed by atoms with van der Waals surface area (Å²) in [6.45, 7) is 2.45. The Balaban J connectivity index is 0.000000177. The average molecular weight is 789 g/mol. The maximum absolute atomic E-state index is 12.9. The lowest BCUT2D eigenvalue weighted by atomic mass is 10.1. The zero-order valence-corrected chi connectivity index (χ0v) is 31.5. The number of carbonyl (C=O) groups excluding carboxylic acids is 4. The number of fused-ring (bicyclic) bond motifs is 2. The lowest BCUT2D eigenvalue weighted by molar-refractivity contribution is -0.0260. The first-order valence-corrected chi connectivity index (χ1v) is 18.8. The topological polar surface area (TPSA) is 239 Å². The van der Waals surface area contributed by atoms with E-state index in [0.717, 1.165) is 22.2 Å². The number of nitrogens with one attached hydrogen (secondary N) is 2. The van der Waals surface area contributed by atoms with Crippen molar-refractivity contribution < 1.29 is 38.9 Å². The van der Waals surface area contributed by atoms with E-state index in [2.05, 4.69) is 20.6 Å². The third-order valence-electron chi connectivity index (χ3n) is 10.2. The van der Waals surface area contributed by atoms with E-state index < -0.39 is 24.0 Å². The van der Waals surface area contributed by atoms with Gasteiger partial charge in [-0.2, -0.15) is 0 Å². The van der Waals surface area contributed by atoms with Gasteiger partial charge in [-0.3, -0.25) is 29.1 Å². The van der Waals surface area contributed by atoms with Gasteiger partial charge in [0.1, 0.15) is 11.0 Å². The minimum Gasteiger partial charge on any atom is -0.389 e. The van der Waals surface area contributed by atoms with E-state index in [1.165, 1.54) is 0 Å². The van der Waals surface area contributed by atoms with Gasteiger partial charge < -0.3 is 50.9 Å². The molecular weight excluding hydrogens is 745 g/mol. The predicted octanol–water partition coefficient (Wildman–Crippen LogP) is 2.13. The van der Waals surface area contributed by atoms with E-state index in [9.17, 15) is 29.4 Å². The maximum Gasteiger partial charge on any atom is 0.255 e. The van der Waals surface area contributed by atoms with Gasteiger partial charge >= 0.3 is 0 Å². The van der Waals surface area contributed by atoms with Gasteiger partial charge in [0.25, 0.3) is 11.8 Å². The standard InChI is InChI=1S/2C21H22N4O4/c2*22-20(27)14-5-3-13(4-6-14)10-25-11-15(19-17(25)2-1-8-23-19)21(28)24-16-7-9-29-12-18(16)26/h2*1-6,8,11,16,18,26H,7,9-10,12H2,(H2,22,27)(H,24,28)/t2*16-,18-/m10/s1. The van der Waals surface area contributed by atoms with Crippen LogP contribution < -0.4 is 22.1 Å². The molecule has 2 aliphatic heterocycles. The van der Waals surface area contributed by atoms with Crippen LogP contribution >= 0.6 is 0 Å². The summed E-state index contributed by atoms with van der Waals surface area (Å²) in [6, 6.07) is 20.8. The largest absolute Gasteiger partial charge is 0.389 e. The average Bonchev–Trinajstić information content (AvgIpc) is 3.79. The maximum atomic E-state index is 12.9. The monoisotopic (exact) mass is 788 g/mol. The van der Waals surface area contributed by atoms with Crippen LogP contribution in [0.25, 0.3) is 22.1 Å². The van der Waals surface area contributed by atoms with Crippen LogP contribution in [0.1, 0.15) is 65.4 Å². The highest BCUT2D eigenvalue weighted by atomic mass is 16.5. The van der Waals surface area contributed by atoms with Gasteiger partial charge in [-0.1, -0.05) is 24.3 Å². The number of hydrogen-bond acceptors (Lipinski definition) is 10. The van der Waals surface area contributed by atoms with Crippen LogP contribution in [0.15, 0.2) is 97.6 Å². The molecule has 4 atom stereocenters. The van der Waals surface area contributed by atoms with Crippen molar-refractivity contribution in [3.63, 3.8) is 0 Å². The normalized spacial score (nSPS) is 19.2. The number of nitrogens with two attached hydrogens (primary N) is 2. The molecule has 8 N–H and O–H groups in total. The Morgan fingerprint density at radius 2 is 1.03 bits per heavy atom. The highest BCUT2D eigenvalue weighted by Gasteiger charge is 2.28. The minimum atomic E-state index is -0.724. The summed E-state index contributed by atoms with van der Waals surface area (Å²) >= 11 is 0. The van der Waals surface area contributed by atoms with Crippen molar-refractivity contribution >= 4 is 45.7 Å². The zero-order valence-electron chi connectivity index (χ0n) is 31.5. The Bertz CT molecular complexity index is 2260. The lowest BCUT2D eigenvalue weighted by Gasteiger charge is -2.28. The molecule has 4 amide bonds. The number of carbonyl (C=O) groups is 4. The number of aromatic nitrogens is 4. The van der Waals surface area contributed by atoms with Crippen molar-refractivity contribution in [2.45, 2.75) is 50.2 Å². The predicted molar refractivity (Wildman–Crippen MR) is 213 cm³/mol. The number of pyridine rings is 2. The van der Waals surface area contributed by atoms with Gasteiger partial charge in [0, 0.05) is 62.2 Å². The van der Waals surface area contributed by atoms with Gasteiger partial charge in [0.15, 0.2) is 0 Å². The van der Waals surface area contributed by atoms with Crippen LogP contribution in [-0.2, 0) is 22.6 Å². The van der Waals surface area contributed by atoms with Gasteiger partial charge in [0.2, 0.25) is 11.8 Å². The fourth-order valence-corrected chi connectivity index (χ4v) is 7.06. The number of aliphatic hydroxyl groups excluding tert-OH is 2. The fourth-order valence-electron chi connectivity index (χ4n) is 7.06. The molecular formula is C42H44N8O8. The molecule has 300 valence electrons. The number of nitrogens with zero attached hydrogens (tertiary/aromatic N) is 4. The molecule has 8 rings (SSSR count). The molecule has 6 aromatic rings. The second kappa shape index (κ2) is 17.8. The molecule has 2 aromatic carbocycles. The Morgan fingerprint density at radius 3 is 1.40 bits per heavy atom. The van der Waals surface area contributed by atoms with Crippen LogP contribution in [0.5, 0.6) is 0 Å². The van der Waals surface area contributed by atoms with E-state index in [-0.39, 0.29) is 37.1 Å². The van der Waals surface area contributed by atoms with E-state index in [1.54, 1.807) is 49.1 Å². The summed E-state index contributed by atoms with van der Waals surface area (Å²) in [6.07, 6.45) is 6.50. The third-order valence-corrected chi connectivity index (χ3v) is 10.2. The smallest absolute Gasteiger partial charge is 0.255 e. The second-order valence-electron chi connectivity index (χ2n) is 14.2. The second-order valence-corrected chi connectivity index (χ2v) is 14.2. The summed E-state index contributed by atoms with van der Waals surface area (Å²) in [5.41, 5.74) is 17.1. The number of primary amides is 2. The van der Waals surface area contributed by atoms with Crippen LogP contribution in [0, 0.1) is 0 Å². The lowest BCUT2D eigenvalue weighted by Crippen LogP contribution is -2.48. The number of benzene rings is 2. The van der Waals surface area contributed by atoms with E-state index >= 15 is 0 Å². The molecule has 2 aliphatic rings. The number of ether oxygens (including phenoxy) is 2. The zero-order chi connectivity index (χ0) is 40.8. The molecule has 16 heteroatoms. The molecule has 0 saturated carbocycles. The Labute approximate surface area is 332 Å². The summed E-state index contributed by atoms with van der Waals surface area (Å²) in [5.74, 6) is -1.49. The highest BCUT2D eigenvalue weighted by Crippen LogP contribution is 2.23. The third kappa shape index (κ3) is 9.05. The first-order valence-electron chi connectivity index (χ1n) is 18.8. The molecule has 58 heavy (non-hydrogen) atoms. The fraction of sp³-hybridized carbons (Fsp3) is 0.286. The number of rotatable bonds is 10. The quantitative estimate of drug-likeness (QED) is 0.118. The summed E-state index contributed by atoms with van der Waals surface area (Å²) in [7, 11) is 0. The number of amides is 4. The SMILES string of the molecule is NC(=O)c1ccc(Cn2cc(C(=O)N[C@@H]3CCOC[C@H]3O)c3ncccc32)cc1.NC(=O)c1ccc(Cn2cc(C(=O)N[C@H]3CCOC[C@@H]3O)c3ncccc32)cc1. The van der Waals surface area contributed by atoms with Crippen LogP contribution in [-0.4, -0.2) is 104 Å². The van der Waals surface area contributed by atoms with Crippen molar-refractivity contribution in [3.05, 3.63) is 131 Å². The van der Waals surface area contributed by atoms with Gasteiger partial charge in [-0.25, -0.2) is 0 Å². The first-order chi connectivity index (χ1) is 28.0. The van der Waals surface area contributed by atoms with Crippen molar-refractivity contribution in [2.75, 3.05) is 26.4 Å². The van der Waals surface area contributed by atoms with Crippen LogP contribution in [0.3, 0.4) is 0 Å².